The van der Waals surface area contributed by atoms with Crippen LogP contribution in [0.4, 0.5) is 0 Å². The molecule has 6 nitrogen and oxygen atoms in total. The summed E-state index contributed by atoms with van der Waals surface area (Å²) in [5, 5.41) is 23.3. The maximum Gasteiger partial charge on any atom is 0.305 e. The number of rotatable bonds is 83. The van der Waals surface area contributed by atoms with Crippen molar-refractivity contribution < 1.29 is 24.5 Å². The molecule has 0 aliphatic carbocycles. The lowest BCUT2D eigenvalue weighted by atomic mass is 10.0. The van der Waals surface area contributed by atoms with Crippen LogP contribution in [0, 0.1) is 0 Å². The lowest BCUT2D eigenvalue weighted by Gasteiger charge is -2.20. The Balaban J connectivity index is 3.32. The molecule has 6 heteroatoms. The number of nitrogens with one attached hydrogen (secondary N) is 1. The standard InChI is InChI=1S/C89H171NO5/c1-3-5-7-9-11-13-15-17-19-21-23-24-40-43-46-49-53-57-61-65-69-73-77-81-87(92)86(85-91)90-88(93)82-78-74-70-66-62-58-54-50-47-44-41-38-36-34-32-30-28-26-25-27-29-31-33-35-37-39-42-45-48-52-56-60-64-68-72-76-80-84-95-89(94)83-79-75-71-67-63-59-55-51-22-20-18-16-14-12-10-8-6-4-2/h14,16,20,22,77,81,86-87,91-92H,3-13,15,17-19,21,23-76,78-80,82-85H2,1-2H3,(H,90,93)/b16-14-,22-20-,81-77+. The van der Waals surface area contributed by atoms with Gasteiger partial charge in [0.15, 0.2) is 0 Å². The summed E-state index contributed by atoms with van der Waals surface area (Å²) >= 11 is 0. The topological polar surface area (TPSA) is 95.9 Å². The van der Waals surface area contributed by atoms with Crippen LogP contribution in [0.5, 0.6) is 0 Å². The van der Waals surface area contributed by atoms with E-state index in [-0.39, 0.29) is 18.5 Å². The molecule has 0 saturated carbocycles. The van der Waals surface area contributed by atoms with Crippen LogP contribution in [0.1, 0.15) is 495 Å². The highest BCUT2D eigenvalue weighted by Gasteiger charge is 2.18. The van der Waals surface area contributed by atoms with Gasteiger partial charge in [-0.3, -0.25) is 9.59 Å². The minimum absolute atomic E-state index is 0.0168. The van der Waals surface area contributed by atoms with Crippen molar-refractivity contribution in [2.45, 2.75) is 508 Å². The Morgan fingerprint density at radius 3 is 0.811 bits per heavy atom. The van der Waals surface area contributed by atoms with Crippen LogP contribution in [-0.2, 0) is 14.3 Å². The Morgan fingerprint density at radius 2 is 0.526 bits per heavy atom. The van der Waals surface area contributed by atoms with Crippen molar-refractivity contribution in [3.63, 3.8) is 0 Å². The van der Waals surface area contributed by atoms with Crippen LogP contribution < -0.4 is 5.32 Å². The molecule has 0 rings (SSSR count). The van der Waals surface area contributed by atoms with E-state index in [0.29, 0.717) is 19.4 Å². The van der Waals surface area contributed by atoms with Gasteiger partial charge in [0, 0.05) is 12.8 Å². The number of amides is 1. The van der Waals surface area contributed by atoms with E-state index in [0.717, 1.165) is 51.4 Å². The molecule has 3 N–H and O–H groups in total. The van der Waals surface area contributed by atoms with E-state index < -0.39 is 12.1 Å². The van der Waals surface area contributed by atoms with Crippen LogP contribution in [0.15, 0.2) is 36.5 Å². The Kier molecular flexibility index (Phi) is 82.8. The van der Waals surface area contributed by atoms with Crippen molar-refractivity contribution in [2.24, 2.45) is 0 Å². The maximum absolute atomic E-state index is 12.6. The van der Waals surface area contributed by atoms with Gasteiger partial charge in [-0.2, -0.15) is 0 Å². The third-order valence-corrected chi connectivity index (χ3v) is 20.7. The van der Waals surface area contributed by atoms with Crippen molar-refractivity contribution in [1.29, 1.82) is 0 Å². The fourth-order valence-corrected chi connectivity index (χ4v) is 14.0. The summed E-state index contributed by atoms with van der Waals surface area (Å²) < 4.78 is 5.52. The minimum Gasteiger partial charge on any atom is -0.466 e. The molecule has 0 heterocycles. The van der Waals surface area contributed by atoms with Gasteiger partial charge in [-0.1, -0.05) is 455 Å². The molecule has 2 atom stereocenters. The first kappa shape index (κ1) is 93.1. The molecular formula is C89H171NO5. The zero-order valence-electron chi connectivity index (χ0n) is 64.7. The second kappa shape index (κ2) is 84.5. The quantitative estimate of drug-likeness (QED) is 0.0320. The van der Waals surface area contributed by atoms with Crippen molar-refractivity contribution in [3.8, 4) is 0 Å². The molecular weight excluding hydrogens is 1160 g/mol. The average molecular weight is 1340 g/mol. The van der Waals surface area contributed by atoms with Gasteiger partial charge in [0.25, 0.3) is 0 Å². The number of aliphatic hydroxyl groups excluding tert-OH is 2. The summed E-state index contributed by atoms with van der Waals surface area (Å²) in [5.41, 5.74) is 0. The number of unbranched alkanes of at least 4 members (excludes halogenated alkanes) is 68. The number of aliphatic hydroxyl groups is 2. The Morgan fingerprint density at radius 1 is 0.295 bits per heavy atom. The number of carbonyl (C=O) groups excluding carboxylic acids is 2. The van der Waals surface area contributed by atoms with Crippen LogP contribution in [-0.4, -0.2) is 47.4 Å². The summed E-state index contributed by atoms with van der Waals surface area (Å²) in [6.07, 6.45) is 112. The lowest BCUT2D eigenvalue weighted by Crippen LogP contribution is -2.45. The summed E-state index contributed by atoms with van der Waals surface area (Å²) in [6, 6.07) is -0.625. The van der Waals surface area contributed by atoms with Gasteiger partial charge in [0.2, 0.25) is 5.91 Å². The summed E-state index contributed by atoms with van der Waals surface area (Å²) in [6.45, 7) is 4.94. The highest BCUT2D eigenvalue weighted by Crippen LogP contribution is 2.21. The molecule has 0 fully saturated rings. The first-order valence-corrected chi connectivity index (χ1v) is 43.8. The molecule has 0 aliphatic heterocycles. The molecule has 0 aromatic carbocycles. The number of ether oxygens (including phenoxy) is 1. The second-order valence-electron chi connectivity index (χ2n) is 30.2. The van der Waals surface area contributed by atoms with E-state index in [4.69, 9.17) is 4.74 Å². The summed E-state index contributed by atoms with van der Waals surface area (Å²) in [7, 11) is 0. The largest absolute Gasteiger partial charge is 0.466 e. The Hall–Kier alpha value is -1.92. The normalized spacial score (nSPS) is 12.6. The molecule has 0 bridgehead atoms. The van der Waals surface area contributed by atoms with Gasteiger partial charge in [0.1, 0.15) is 0 Å². The van der Waals surface area contributed by atoms with Crippen molar-refractivity contribution in [2.75, 3.05) is 13.2 Å². The smallest absolute Gasteiger partial charge is 0.305 e. The number of carbonyl (C=O) groups is 2. The fourth-order valence-electron chi connectivity index (χ4n) is 14.0. The Labute approximate surface area is 595 Å². The molecule has 0 radical (unpaired) electrons. The summed E-state index contributed by atoms with van der Waals surface area (Å²) in [5.74, 6) is -0.0400. The highest BCUT2D eigenvalue weighted by molar-refractivity contribution is 5.76. The molecule has 0 aliphatic rings. The first-order valence-electron chi connectivity index (χ1n) is 43.8. The first-order chi connectivity index (χ1) is 47.0. The van der Waals surface area contributed by atoms with Crippen molar-refractivity contribution >= 4 is 11.9 Å². The molecule has 0 aromatic heterocycles. The van der Waals surface area contributed by atoms with Gasteiger partial charge in [0.05, 0.1) is 25.4 Å². The van der Waals surface area contributed by atoms with Crippen molar-refractivity contribution in [1.82, 2.24) is 5.32 Å². The molecule has 0 spiro atoms. The lowest BCUT2D eigenvalue weighted by molar-refractivity contribution is -0.143. The van der Waals surface area contributed by atoms with Crippen LogP contribution in [0.2, 0.25) is 0 Å². The van der Waals surface area contributed by atoms with Crippen LogP contribution in [0.25, 0.3) is 0 Å². The van der Waals surface area contributed by atoms with Gasteiger partial charge < -0.3 is 20.3 Å². The van der Waals surface area contributed by atoms with Gasteiger partial charge >= 0.3 is 5.97 Å². The van der Waals surface area contributed by atoms with Crippen LogP contribution >= 0.6 is 0 Å². The molecule has 0 aromatic rings. The molecule has 562 valence electrons. The van der Waals surface area contributed by atoms with Gasteiger partial charge in [-0.25, -0.2) is 0 Å². The van der Waals surface area contributed by atoms with Crippen LogP contribution in [0.3, 0.4) is 0 Å². The van der Waals surface area contributed by atoms with Crippen molar-refractivity contribution in [3.05, 3.63) is 36.5 Å². The zero-order valence-corrected chi connectivity index (χ0v) is 64.7. The van der Waals surface area contributed by atoms with E-state index in [2.05, 4.69) is 43.5 Å². The zero-order chi connectivity index (χ0) is 68.4. The van der Waals surface area contributed by atoms with E-state index in [1.165, 1.54) is 417 Å². The third-order valence-electron chi connectivity index (χ3n) is 20.7. The monoisotopic (exact) mass is 1330 g/mol. The van der Waals surface area contributed by atoms with E-state index in [1.807, 2.05) is 6.08 Å². The molecule has 0 saturated heterocycles. The molecule has 95 heavy (non-hydrogen) atoms. The predicted molar refractivity (Wildman–Crippen MR) is 421 cm³/mol. The minimum atomic E-state index is -0.842. The molecule has 1 amide bonds. The number of hydrogen-bond acceptors (Lipinski definition) is 5. The van der Waals surface area contributed by atoms with Gasteiger partial charge in [-0.15, -0.1) is 0 Å². The molecule has 2 unspecified atom stereocenters. The fraction of sp³-hybridized carbons (Fsp3) is 0.910. The van der Waals surface area contributed by atoms with E-state index in [9.17, 15) is 19.8 Å². The number of esters is 1. The maximum atomic E-state index is 12.6. The number of allylic oxidation sites excluding steroid dienone is 5. The SMILES string of the molecule is CCCCCC/C=C\C/C=C\CCCCCCCCCC(=O)OCCCCCCCCCCCCCCCCCCCCCCCCCCCCCCCCCCCCCCCC(=O)NC(CO)C(O)/C=C/CCCCCCCCCCCCCCCCCCCCCCC. The third kappa shape index (κ3) is 80.9. The van der Waals surface area contributed by atoms with Gasteiger partial charge in [-0.05, 0) is 64.2 Å². The Bertz CT molecular complexity index is 1540. The average Bonchev–Trinajstić information content (AvgIpc) is 3.03. The predicted octanol–water partition coefficient (Wildman–Crippen LogP) is 29.3. The number of hydrogen-bond donors (Lipinski definition) is 3. The van der Waals surface area contributed by atoms with E-state index in [1.54, 1.807) is 6.08 Å². The second-order valence-corrected chi connectivity index (χ2v) is 30.2. The van der Waals surface area contributed by atoms with E-state index >= 15 is 0 Å². The summed E-state index contributed by atoms with van der Waals surface area (Å²) in [4.78, 5) is 24.7. The highest BCUT2D eigenvalue weighted by atomic mass is 16.5.